The smallest absolute Gasteiger partial charge is 0.169 e. The summed E-state index contributed by atoms with van der Waals surface area (Å²) in [6.45, 7) is 0. The van der Waals surface area contributed by atoms with Gasteiger partial charge in [0, 0.05) is 5.02 Å². The quantitative estimate of drug-likeness (QED) is 0.633. The topological polar surface area (TPSA) is 0 Å². The molecule has 0 saturated heterocycles. The van der Waals surface area contributed by atoms with Crippen LogP contribution in [0.5, 0.6) is 0 Å². The summed E-state index contributed by atoms with van der Waals surface area (Å²) in [6, 6.07) is 5.26. The molecule has 72 valence electrons. The Morgan fingerprint density at radius 1 is 1.08 bits per heavy atom. The first kappa shape index (κ1) is 10.7. The van der Waals surface area contributed by atoms with Gasteiger partial charge in [-0.1, -0.05) is 23.7 Å². The van der Waals surface area contributed by atoms with Crippen molar-refractivity contribution in [2.24, 2.45) is 0 Å². The van der Waals surface area contributed by atoms with Crippen LogP contribution in [-0.4, -0.2) is 6.18 Å². The van der Waals surface area contributed by atoms with E-state index in [2.05, 4.69) is 0 Å². The summed E-state index contributed by atoms with van der Waals surface area (Å²) in [7, 11) is 0. The van der Waals surface area contributed by atoms with Crippen molar-refractivity contribution in [1.82, 2.24) is 0 Å². The lowest BCUT2D eigenvalue weighted by Gasteiger charge is -2.13. The van der Waals surface area contributed by atoms with Gasteiger partial charge in [-0.25, -0.2) is 0 Å². The number of alkyl halides is 4. The zero-order valence-corrected chi connectivity index (χ0v) is 7.79. The van der Waals surface area contributed by atoms with Crippen LogP contribution >= 0.6 is 23.2 Å². The Hall–Kier alpha value is -0.410. The van der Waals surface area contributed by atoms with Gasteiger partial charge in [0.05, 0.1) is 0 Å². The first-order chi connectivity index (χ1) is 5.91. The molecule has 0 aliphatic rings. The van der Waals surface area contributed by atoms with E-state index in [4.69, 9.17) is 23.2 Å². The SMILES string of the molecule is FC(F)(F)[C@@H](Cl)c1ccc(Cl)cc1. The molecular formula is C8H5Cl2F3. The number of benzene rings is 1. The molecule has 0 bridgehead atoms. The van der Waals surface area contributed by atoms with Crippen LogP contribution in [0.4, 0.5) is 13.2 Å². The summed E-state index contributed by atoms with van der Waals surface area (Å²) in [6.07, 6.45) is -4.42. The van der Waals surface area contributed by atoms with Gasteiger partial charge in [-0.05, 0) is 17.7 Å². The first-order valence-corrected chi connectivity index (χ1v) is 4.19. The minimum atomic E-state index is -4.42. The van der Waals surface area contributed by atoms with Crippen LogP contribution in [0.15, 0.2) is 24.3 Å². The third kappa shape index (κ3) is 2.78. The van der Waals surface area contributed by atoms with Crippen LogP contribution in [0.3, 0.4) is 0 Å². The average molecular weight is 229 g/mol. The lowest BCUT2D eigenvalue weighted by molar-refractivity contribution is -0.131. The fraction of sp³-hybridized carbons (Fsp3) is 0.250. The van der Waals surface area contributed by atoms with Gasteiger partial charge in [0.25, 0.3) is 0 Å². The van der Waals surface area contributed by atoms with Crippen molar-refractivity contribution >= 4 is 23.2 Å². The van der Waals surface area contributed by atoms with Gasteiger partial charge in [0.15, 0.2) is 5.38 Å². The van der Waals surface area contributed by atoms with Crippen LogP contribution in [0.1, 0.15) is 10.9 Å². The van der Waals surface area contributed by atoms with E-state index < -0.39 is 11.6 Å². The van der Waals surface area contributed by atoms with Crippen molar-refractivity contribution in [1.29, 1.82) is 0 Å². The molecule has 1 atom stereocenters. The molecule has 0 unspecified atom stereocenters. The summed E-state index contributed by atoms with van der Waals surface area (Å²) in [5.41, 5.74) is -0.00133. The fourth-order valence-corrected chi connectivity index (χ4v) is 1.09. The molecule has 0 aliphatic carbocycles. The maximum Gasteiger partial charge on any atom is 0.408 e. The van der Waals surface area contributed by atoms with Crippen molar-refractivity contribution in [3.63, 3.8) is 0 Å². The monoisotopic (exact) mass is 228 g/mol. The number of hydrogen-bond donors (Lipinski definition) is 0. The van der Waals surface area contributed by atoms with E-state index in [1.165, 1.54) is 24.3 Å². The largest absolute Gasteiger partial charge is 0.408 e. The summed E-state index contributed by atoms with van der Waals surface area (Å²) in [5.74, 6) is 0. The highest BCUT2D eigenvalue weighted by Crippen LogP contribution is 2.38. The maximum atomic E-state index is 12.1. The number of hydrogen-bond acceptors (Lipinski definition) is 0. The third-order valence-corrected chi connectivity index (χ3v) is 2.20. The highest BCUT2D eigenvalue weighted by atomic mass is 35.5. The Morgan fingerprint density at radius 3 is 1.92 bits per heavy atom. The minimum absolute atomic E-state index is 0.00133. The van der Waals surface area contributed by atoms with Gasteiger partial charge < -0.3 is 0 Å². The molecule has 13 heavy (non-hydrogen) atoms. The molecule has 1 rings (SSSR count). The summed E-state index contributed by atoms with van der Waals surface area (Å²) in [4.78, 5) is 0. The second kappa shape index (κ2) is 3.76. The van der Waals surface area contributed by atoms with E-state index in [0.29, 0.717) is 5.02 Å². The fourth-order valence-electron chi connectivity index (χ4n) is 0.821. The highest BCUT2D eigenvalue weighted by molar-refractivity contribution is 6.30. The van der Waals surface area contributed by atoms with Crippen molar-refractivity contribution < 1.29 is 13.2 Å². The molecular weight excluding hydrogens is 224 g/mol. The maximum absolute atomic E-state index is 12.1. The second-order valence-corrected chi connectivity index (χ2v) is 3.33. The number of rotatable bonds is 1. The lowest BCUT2D eigenvalue weighted by Crippen LogP contribution is -2.15. The van der Waals surface area contributed by atoms with Crippen molar-refractivity contribution in [2.45, 2.75) is 11.6 Å². The van der Waals surface area contributed by atoms with Gasteiger partial charge in [-0.15, -0.1) is 11.6 Å². The Morgan fingerprint density at radius 2 is 1.54 bits per heavy atom. The van der Waals surface area contributed by atoms with E-state index >= 15 is 0 Å². The van der Waals surface area contributed by atoms with E-state index in [1.54, 1.807) is 0 Å². The van der Waals surface area contributed by atoms with Gasteiger partial charge in [0.2, 0.25) is 0 Å². The van der Waals surface area contributed by atoms with Crippen molar-refractivity contribution in [2.75, 3.05) is 0 Å². The Bertz CT molecular complexity index is 278. The van der Waals surface area contributed by atoms with Crippen molar-refractivity contribution in [3.8, 4) is 0 Å². The Balaban J connectivity index is 2.90. The molecule has 0 aliphatic heterocycles. The first-order valence-electron chi connectivity index (χ1n) is 3.37. The Labute approximate surface area is 83.3 Å². The summed E-state index contributed by atoms with van der Waals surface area (Å²) >= 11 is 10.7. The molecule has 0 fully saturated rings. The lowest BCUT2D eigenvalue weighted by atomic mass is 10.1. The van der Waals surface area contributed by atoms with Gasteiger partial charge in [-0.3, -0.25) is 0 Å². The minimum Gasteiger partial charge on any atom is -0.169 e. The van der Waals surface area contributed by atoms with Crippen LogP contribution in [0.2, 0.25) is 5.02 Å². The normalized spacial score (nSPS) is 14.2. The molecule has 1 aromatic rings. The molecule has 0 spiro atoms. The predicted molar refractivity (Wildman–Crippen MR) is 46.1 cm³/mol. The zero-order valence-electron chi connectivity index (χ0n) is 6.28. The molecule has 0 saturated carbocycles. The molecule has 0 radical (unpaired) electrons. The highest BCUT2D eigenvalue weighted by Gasteiger charge is 2.39. The van der Waals surface area contributed by atoms with E-state index in [-0.39, 0.29) is 5.56 Å². The molecule has 0 nitrogen and oxygen atoms in total. The molecule has 5 heteroatoms. The van der Waals surface area contributed by atoms with Crippen LogP contribution in [0, 0.1) is 0 Å². The number of halogens is 5. The zero-order chi connectivity index (χ0) is 10.1. The van der Waals surface area contributed by atoms with Crippen LogP contribution < -0.4 is 0 Å². The Kier molecular flexibility index (Phi) is 3.09. The second-order valence-electron chi connectivity index (χ2n) is 2.46. The molecule has 0 amide bonds. The summed E-state index contributed by atoms with van der Waals surface area (Å²) < 4.78 is 36.2. The van der Waals surface area contributed by atoms with Gasteiger partial charge >= 0.3 is 6.18 Å². The van der Waals surface area contributed by atoms with E-state index in [9.17, 15) is 13.2 Å². The average Bonchev–Trinajstić information content (AvgIpc) is 2.03. The van der Waals surface area contributed by atoms with Crippen LogP contribution in [-0.2, 0) is 0 Å². The van der Waals surface area contributed by atoms with E-state index in [0.717, 1.165) is 0 Å². The standard InChI is InChI=1S/C8H5Cl2F3/c9-6-3-1-5(2-4-6)7(10)8(11,12)13/h1-4,7H/t7-/m0/s1. The van der Waals surface area contributed by atoms with E-state index in [1.807, 2.05) is 0 Å². The summed E-state index contributed by atoms with van der Waals surface area (Å²) in [5, 5.41) is -1.58. The van der Waals surface area contributed by atoms with Gasteiger partial charge in [-0.2, -0.15) is 13.2 Å². The third-order valence-electron chi connectivity index (χ3n) is 1.45. The molecule has 0 heterocycles. The molecule has 0 N–H and O–H groups in total. The molecule has 0 aromatic heterocycles. The molecule has 1 aromatic carbocycles. The van der Waals surface area contributed by atoms with Crippen molar-refractivity contribution in [3.05, 3.63) is 34.9 Å². The van der Waals surface area contributed by atoms with Gasteiger partial charge in [0.1, 0.15) is 0 Å². The predicted octanol–water partition coefficient (Wildman–Crippen LogP) is 4.18. The van der Waals surface area contributed by atoms with Crippen LogP contribution in [0.25, 0.3) is 0 Å².